The number of aromatic nitrogens is 2. The predicted octanol–water partition coefficient (Wildman–Crippen LogP) is 2.99. The van der Waals surface area contributed by atoms with Crippen molar-refractivity contribution >= 4 is 52.4 Å². The van der Waals surface area contributed by atoms with Crippen LogP contribution >= 0.6 is 11.6 Å². The Morgan fingerprint density at radius 2 is 1.81 bits per heavy atom. The molecule has 3 rings (SSSR count). The van der Waals surface area contributed by atoms with Gasteiger partial charge in [-0.25, -0.2) is 9.29 Å². The third-order valence-corrected chi connectivity index (χ3v) is 6.09. The lowest BCUT2D eigenvalue weighted by atomic mass is 10.1. The third-order valence-electron chi connectivity index (χ3n) is 5.08. The molecule has 0 aliphatic carbocycles. The normalized spacial score (nSPS) is 11.5. The number of para-hydroxylation sites is 1. The van der Waals surface area contributed by atoms with E-state index >= 15 is 0 Å². The molecule has 0 aliphatic rings. The van der Waals surface area contributed by atoms with Gasteiger partial charge in [0, 0.05) is 54.4 Å². The van der Waals surface area contributed by atoms with Crippen molar-refractivity contribution in [3.05, 3.63) is 53.2 Å². The van der Waals surface area contributed by atoms with E-state index < -0.39 is 11.3 Å². The average molecular weight is 550 g/mol. The molecule has 1 heterocycles. The van der Waals surface area contributed by atoms with Gasteiger partial charge in [0.1, 0.15) is 5.02 Å². The first kappa shape index (κ1) is 27.9. The first-order valence-corrected chi connectivity index (χ1v) is 12.3. The van der Waals surface area contributed by atoms with E-state index in [1.54, 1.807) is 36.4 Å². The summed E-state index contributed by atoms with van der Waals surface area (Å²) in [6.45, 7) is 0.361. The van der Waals surface area contributed by atoms with Gasteiger partial charge in [0.15, 0.2) is 17.3 Å². The number of benzene rings is 2. The van der Waals surface area contributed by atoms with Gasteiger partial charge in [0.25, 0.3) is 0 Å². The fraction of sp³-hybridized carbons (Fsp3) is 0.261. The van der Waals surface area contributed by atoms with E-state index in [4.69, 9.17) is 25.8 Å². The monoisotopic (exact) mass is 549 g/mol. The van der Waals surface area contributed by atoms with Crippen molar-refractivity contribution in [1.82, 2.24) is 19.6 Å². The molecule has 2 aromatic carbocycles. The SMILES string of the molecule is COc1cc(Nc2ncc(Cl)c(Nc3ccccc3CN(CCNC=O)S(=O)[O-])n2)cc(OC)c1OC. The van der Waals surface area contributed by atoms with Crippen LogP contribution in [0.5, 0.6) is 17.2 Å². The molecular weight excluding hydrogens is 524 g/mol. The number of ether oxygens (including phenoxy) is 3. The molecule has 3 N–H and O–H groups in total. The number of halogens is 1. The molecular formula is C23H26ClN6O6S-. The predicted molar refractivity (Wildman–Crippen MR) is 140 cm³/mol. The molecule has 198 valence electrons. The van der Waals surface area contributed by atoms with Gasteiger partial charge in [-0.05, 0) is 11.6 Å². The molecule has 14 heteroatoms. The summed E-state index contributed by atoms with van der Waals surface area (Å²) in [5, 5.41) is 8.94. The number of nitrogens with one attached hydrogen (secondary N) is 3. The summed E-state index contributed by atoms with van der Waals surface area (Å²) < 4.78 is 40.7. The Labute approximate surface area is 221 Å². The standard InChI is InChI=1S/C23H27ClN6O6S/c1-34-19-10-16(11-20(35-2)21(19)36-3)27-23-26-12-17(24)22(29-23)28-18-7-5-4-6-15(18)13-30(37(32)33)9-8-25-14-31/h4-7,10-12,14H,8-9,13H2,1-3H3,(H,25,31)(H,32,33)(H2,26,27,28,29)/p-1. The van der Waals surface area contributed by atoms with Gasteiger partial charge in [-0.3, -0.25) is 9.00 Å². The molecule has 1 amide bonds. The summed E-state index contributed by atoms with van der Waals surface area (Å²) in [6.07, 6.45) is 1.95. The molecule has 1 atom stereocenters. The van der Waals surface area contributed by atoms with Crippen molar-refractivity contribution in [2.75, 3.05) is 45.1 Å². The van der Waals surface area contributed by atoms with Gasteiger partial charge in [-0.1, -0.05) is 29.8 Å². The maximum atomic E-state index is 11.7. The summed E-state index contributed by atoms with van der Waals surface area (Å²) in [4.78, 5) is 19.2. The van der Waals surface area contributed by atoms with Gasteiger partial charge in [-0.2, -0.15) is 4.98 Å². The Hall–Kier alpha value is -3.65. The number of nitrogens with zero attached hydrogens (tertiary/aromatic N) is 3. The van der Waals surface area contributed by atoms with E-state index in [-0.39, 0.29) is 30.6 Å². The topological polar surface area (TPSA) is 150 Å². The molecule has 1 unspecified atom stereocenters. The van der Waals surface area contributed by atoms with Crippen molar-refractivity contribution in [3.63, 3.8) is 0 Å². The molecule has 0 bridgehead atoms. The van der Waals surface area contributed by atoms with Crippen LogP contribution in [0.2, 0.25) is 5.02 Å². The van der Waals surface area contributed by atoms with E-state index in [1.807, 2.05) is 0 Å². The van der Waals surface area contributed by atoms with Crippen molar-refractivity contribution < 1.29 is 27.8 Å². The van der Waals surface area contributed by atoms with Gasteiger partial charge in [0.05, 0.1) is 27.5 Å². The van der Waals surface area contributed by atoms with E-state index in [2.05, 4.69) is 25.9 Å². The van der Waals surface area contributed by atoms with Gasteiger partial charge in [-0.15, -0.1) is 0 Å². The number of rotatable bonds is 14. The molecule has 12 nitrogen and oxygen atoms in total. The van der Waals surface area contributed by atoms with E-state index in [0.717, 1.165) is 0 Å². The Kier molecular flexibility index (Phi) is 10.3. The molecule has 37 heavy (non-hydrogen) atoms. The maximum absolute atomic E-state index is 11.7. The third kappa shape index (κ3) is 7.43. The summed E-state index contributed by atoms with van der Waals surface area (Å²) in [5.74, 6) is 1.89. The van der Waals surface area contributed by atoms with E-state index in [0.29, 0.717) is 46.4 Å². The van der Waals surface area contributed by atoms with Crippen molar-refractivity contribution in [2.45, 2.75) is 6.54 Å². The van der Waals surface area contributed by atoms with Crippen molar-refractivity contribution in [3.8, 4) is 17.2 Å². The zero-order valence-corrected chi connectivity index (χ0v) is 21.9. The number of carbonyl (C=O) groups excluding carboxylic acids is 1. The Bertz CT molecular complexity index is 1230. The van der Waals surface area contributed by atoms with Crippen LogP contribution < -0.4 is 30.2 Å². The highest BCUT2D eigenvalue weighted by molar-refractivity contribution is 7.76. The molecule has 0 saturated carbocycles. The van der Waals surface area contributed by atoms with Crippen LogP contribution in [0.3, 0.4) is 0 Å². The Morgan fingerprint density at radius 1 is 1.11 bits per heavy atom. The number of amides is 1. The fourth-order valence-electron chi connectivity index (χ4n) is 3.35. The van der Waals surface area contributed by atoms with Gasteiger partial charge >= 0.3 is 0 Å². The van der Waals surface area contributed by atoms with Crippen LogP contribution in [0.4, 0.5) is 23.1 Å². The Morgan fingerprint density at radius 3 is 2.43 bits per heavy atom. The number of methoxy groups -OCH3 is 3. The smallest absolute Gasteiger partial charge is 0.229 e. The molecule has 1 aromatic heterocycles. The molecule has 0 fully saturated rings. The Balaban J connectivity index is 1.85. The second-order valence-electron chi connectivity index (χ2n) is 7.36. The minimum Gasteiger partial charge on any atom is -0.760 e. The zero-order chi connectivity index (χ0) is 26.8. The lowest BCUT2D eigenvalue weighted by molar-refractivity contribution is -0.109. The highest BCUT2D eigenvalue weighted by Crippen LogP contribution is 2.40. The van der Waals surface area contributed by atoms with Crippen LogP contribution in [0.1, 0.15) is 5.56 Å². The number of carbonyl (C=O) groups is 1. The highest BCUT2D eigenvalue weighted by Gasteiger charge is 2.15. The molecule has 0 saturated heterocycles. The van der Waals surface area contributed by atoms with Gasteiger partial charge < -0.3 is 34.7 Å². The molecule has 0 aliphatic heterocycles. The fourth-order valence-corrected chi connectivity index (χ4v) is 3.97. The van der Waals surface area contributed by atoms with Crippen molar-refractivity contribution in [1.29, 1.82) is 0 Å². The first-order valence-electron chi connectivity index (χ1n) is 10.9. The molecule has 0 spiro atoms. The summed E-state index contributed by atoms with van der Waals surface area (Å²) in [6, 6.07) is 10.5. The average Bonchev–Trinajstić information content (AvgIpc) is 2.90. The first-order chi connectivity index (χ1) is 17.9. The van der Waals surface area contributed by atoms with Crippen LogP contribution in [0.25, 0.3) is 0 Å². The number of hydrogen-bond donors (Lipinski definition) is 3. The largest absolute Gasteiger partial charge is 0.760 e. The number of anilines is 4. The molecule has 3 aromatic rings. The highest BCUT2D eigenvalue weighted by atomic mass is 35.5. The van der Waals surface area contributed by atoms with E-state index in [9.17, 15) is 13.6 Å². The van der Waals surface area contributed by atoms with Crippen LogP contribution in [0, 0.1) is 0 Å². The quantitative estimate of drug-likeness (QED) is 0.155. The maximum Gasteiger partial charge on any atom is 0.229 e. The van der Waals surface area contributed by atoms with Crippen LogP contribution in [-0.2, 0) is 22.6 Å². The van der Waals surface area contributed by atoms with E-state index in [1.165, 1.54) is 31.8 Å². The summed E-state index contributed by atoms with van der Waals surface area (Å²) in [7, 11) is 4.55. The van der Waals surface area contributed by atoms with Crippen LogP contribution in [0.15, 0.2) is 42.6 Å². The minimum absolute atomic E-state index is 0.0685. The number of hydrogen-bond acceptors (Lipinski definition) is 10. The van der Waals surface area contributed by atoms with Gasteiger partial charge in [0.2, 0.25) is 18.1 Å². The zero-order valence-electron chi connectivity index (χ0n) is 20.3. The summed E-state index contributed by atoms with van der Waals surface area (Å²) in [5.41, 5.74) is 1.85. The van der Waals surface area contributed by atoms with Crippen LogP contribution in [-0.4, -0.2) is 63.9 Å². The summed E-state index contributed by atoms with van der Waals surface area (Å²) >= 11 is 3.86. The lowest BCUT2D eigenvalue weighted by Crippen LogP contribution is -2.32. The second-order valence-corrected chi connectivity index (χ2v) is 8.72. The lowest BCUT2D eigenvalue weighted by Gasteiger charge is -2.25. The minimum atomic E-state index is -2.49. The second kappa shape index (κ2) is 13.6. The van der Waals surface area contributed by atoms with Crippen molar-refractivity contribution in [2.24, 2.45) is 0 Å². The molecule has 0 radical (unpaired) electrons.